The Morgan fingerprint density at radius 2 is 1.94 bits per heavy atom. The van der Waals surface area contributed by atoms with Gasteiger partial charge in [-0.05, 0) is 44.0 Å². The highest BCUT2D eigenvalue weighted by Crippen LogP contribution is 2.38. The maximum atomic E-state index is 11.6. The standard InChI is InChI=1S/C9H5Br2NO2S2/c10-5-1-4(2-6(11)8(5)14)12-7(13)3-16-9(12)15/h1-2,14H,3H2. The quantitative estimate of drug-likeness (QED) is 0.756. The molecule has 3 nitrogen and oxygen atoms in total. The average molecular weight is 383 g/mol. The fraction of sp³-hybridized carbons (Fsp3) is 0.111. The summed E-state index contributed by atoms with van der Waals surface area (Å²) in [6, 6.07) is 3.33. The third kappa shape index (κ3) is 2.13. The molecule has 1 heterocycles. The SMILES string of the molecule is O=C1CSC(=S)N1c1cc(Br)c(O)c(Br)c1. The zero-order valence-electron chi connectivity index (χ0n) is 7.74. The van der Waals surface area contributed by atoms with Crippen LogP contribution in [0.25, 0.3) is 0 Å². The Morgan fingerprint density at radius 3 is 2.38 bits per heavy atom. The van der Waals surface area contributed by atoms with Crippen LogP contribution >= 0.6 is 55.8 Å². The van der Waals surface area contributed by atoms with Crippen molar-refractivity contribution in [3.8, 4) is 5.75 Å². The largest absolute Gasteiger partial charge is 0.506 e. The van der Waals surface area contributed by atoms with Crippen molar-refractivity contribution >= 4 is 71.8 Å². The summed E-state index contributed by atoms with van der Waals surface area (Å²) >= 11 is 12.9. The maximum absolute atomic E-state index is 11.6. The monoisotopic (exact) mass is 381 g/mol. The van der Waals surface area contributed by atoms with E-state index in [1.165, 1.54) is 16.7 Å². The van der Waals surface area contributed by atoms with E-state index < -0.39 is 0 Å². The van der Waals surface area contributed by atoms with Crippen molar-refractivity contribution in [3.63, 3.8) is 0 Å². The zero-order valence-corrected chi connectivity index (χ0v) is 12.5. The summed E-state index contributed by atoms with van der Waals surface area (Å²) < 4.78 is 1.57. The second kappa shape index (κ2) is 4.64. The van der Waals surface area contributed by atoms with E-state index in [0.29, 0.717) is 24.7 Å². The first kappa shape index (κ1) is 12.3. The van der Waals surface area contributed by atoms with Gasteiger partial charge in [0.2, 0.25) is 5.91 Å². The number of thioether (sulfide) groups is 1. The Labute approximate surface area is 118 Å². The van der Waals surface area contributed by atoms with Crippen molar-refractivity contribution in [3.05, 3.63) is 21.1 Å². The van der Waals surface area contributed by atoms with E-state index in [0.717, 1.165) is 0 Å². The lowest BCUT2D eigenvalue weighted by Crippen LogP contribution is -2.27. The minimum absolute atomic E-state index is 0.0421. The predicted molar refractivity (Wildman–Crippen MR) is 76.0 cm³/mol. The molecule has 0 radical (unpaired) electrons. The number of phenolic OH excluding ortho intramolecular Hbond substituents is 1. The van der Waals surface area contributed by atoms with Gasteiger partial charge in [0.05, 0.1) is 20.4 Å². The first-order chi connectivity index (χ1) is 7.50. The van der Waals surface area contributed by atoms with Crippen LogP contribution in [0.3, 0.4) is 0 Å². The molecule has 0 aliphatic carbocycles. The van der Waals surface area contributed by atoms with Gasteiger partial charge in [-0.25, -0.2) is 0 Å². The van der Waals surface area contributed by atoms with Gasteiger partial charge in [-0.2, -0.15) is 0 Å². The molecule has 2 rings (SSSR count). The van der Waals surface area contributed by atoms with E-state index in [2.05, 4.69) is 31.9 Å². The molecule has 1 fully saturated rings. The van der Waals surface area contributed by atoms with Crippen LogP contribution in [0.2, 0.25) is 0 Å². The highest BCUT2D eigenvalue weighted by Gasteiger charge is 2.28. The third-order valence-corrected chi connectivity index (χ3v) is 4.58. The zero-order chi connectivity index (χ0) is 11.9. The van der Waals surface area contributed by atoms with Crippen LogP contribution in [-0.4, -0.2) is 21.1 Å². The molecular formula is C9H5Br2NO2S2. The van der Waals surface area contributed by atoms with Crippen LogP contribution in [-0.2, 0) is 4.79 Å². The summed E-state index contributed by atoms with van der Waals surface area (Å²) in [6.07, 6.45) is 0. The molecule has 1 N–H and O–H groups in total. The molecule has 1 aromatic carbocycles. The highest BCUT2D eigenvalue weighted by atomic mass is 79.9. The van der Waals surface area contributed by atoms with Crippen LogP contribution in [0.5, 0.6) is 5.75 Å². The summed E-state index contributed by atoms with van der Waals surface area (Å²) in [4.78, 5) is 13.1. The number of hydrogen-bond donors (Lipinski definition) is 1. The van der Waals surface area contributed by atoms with E-state index in [1.807, 2.05) is 0 Å². The molecular weight excluding hydrogens is 378 g/mol. The minimum atomic E-state index is -0.0421. The van der Waals surface area contributed by atoms with Crippen LogP contribution in [0, 0.1) is 0 Å². The summed E-state index contributed by atoms with van der Waals surface area (Å²) in [6.45, 7) is 0. The van der Waals surface area contributed by atoms with Crippen molar-refractivity contribution in [1.29, 1.82) is 0 Å². The van der Waals surface area contributed by atoms with Gasteiger partial charge in [0.15, 0.2) is 0 Å². The average Bonchev–Trinajstić information content (AvgIpc) is 2.54. The second-order valence-electron chi connectivity index (χ2n) is 3.04. The van der Waals surface area contributed by atoms with Crippen LogP contribution < -0.4 is 4.90 Å². The van der Waals surface area contributed by atoms with Crippen molar-refractivity contribution in [2.45, 2.75) is 0 Å². The molecule has 0 aromatic heterocycles. The first-order valence-corrected chi connectivity index (χ1v) is 7.16. The van der Waals surface area contributed by atoms with Gasteiger partial charge in [-0.1, -0.05) is 24.0 Å². The number of halogens is 2. The fourth-order valence-corrected chi connectivity index (χ4v) is 3.54. The number of aromatic hydroxyl groups is 1. The topological polar surface area (TPSA) is 40.5 Å². The number of carbonyl (C=O) groups excluding carboxylic acids is 1. The number of carbonyl (C=O) groups is 1. The highest BCUT2D eigenvalue weighted by molar-refractivity contribution is 9.11. The van der Waals surface area contributed by atoms with Gasteiger partial charge >= 0.3 is 0 Å². The summed E-state index contributed by atoms with van der Waals surface area (Å²) in [7, 11) is 0. The lowest BCUT2D eigenvalue weighted by molar-refractivity contribution is -0.115. The van der Waals surface area contributed by atoms with Crippen LogP contribution in [0.15, 0.2) is 21.1 Å². The van der Waals surface area contributed by atoms with Crippen molar-refractivity contribution in [2.24, 2.45) is 0 Å². The van der Waals surface area contributed by atoms with E-state index >= 15 is 0 Å². The smallest absolute Gasteiger partial charge is 0.243 e. The molecule has 7 heteroatoms. The van der Waals surface area contributed by atoms with Gasteiger partial charge in [0.1, 0.15) is 10.1 Å². The molecule has 1 aromatic rings. The fourth-order valence-electron chi connectivity index (χ4n) is 1.29. The molecule has 1 saturated heterocycles. The van der Waals surface area contributed by atoms with Crippen molar-refractivity contribution < 1.29 is 9.90 Å². The Morgan fingerprint density at radius 1 is 1.38 bits per heavy atom. The van der Waals surface area contributed by atoms with Crippen LogP contribution in [0.1, 0.15) is 0 Å². The number of phenols is 1. The number of nitrogens with zero attached hydrogens (tertiary/aromatic N) is 1. The molecule has 0 unspecified atom stereocenters. The van der Waals surface area contributed by atoms with Gasteiger partial charge < -0.3 is 5.11 Å². The molecule has 16 heavy (non-hydrogen) atoms. The molecule has 84 valence electrons. The van der Waals surface area contributed by atoms with Crippen molar-refractivity contribution in [1.82, 2.24) is 0 Å². The Bertz CT molecular complexity index is 453. The molecule has 0 saturated carbocycles. The normalized spacial score (nSPS) is 16.0. The van der Waals surface area contributed by atoms with E-state index in [1.54, 1.807) is 12.1 Å². The first-order valence-electron chi connectivity index (χ1n) is 4.18. The summed E-state index contributed by atoms with van der Waals surface area (Å²) in [5.41, 5.74) is 0.650. The van der Waals surface area contributed by atoms with Gasteiger partial charge in [-0.15, -0.1) is 0 Å². The summed E-state index contributed by atoms with van der Waals surface area (Å²) in [5.74, 6) is 0.433. The van der Waals surface area contributed by atoms with Gasteiger partial charge in [0, 0.05) is 0 Å². The van der Waals surface area contributed by atoms with E-state index in [-0.39, 0.29) is 11.7 Å². The lowest BCUT2D eigenvalue weighted by Gasteiger charge is -2.16. The van der Waals surface area contributed by atoms with Crippen LogP contribution in [0.4, 0.5) is 5.69 Å². The number of thiocarbonyl (C=S) groups is 1. The molecule has 0 spiro atoms. The number of hydrogen-bond acceptors (Lipinski definition) is 4. The van der Waals surface area contributed by atoms with E-state index in [4.69, 9.17) is 12.2 Å². The molecule has 1 amide bonds. The lowest BCUT2D eigenvalue weighted by atomic mass is 10.3. The predicted octanol–water partition coefficient (Wildman–Crippen LogP) is 3.28. The van der Waals surface area contributed by atoms with Crippen molar-refractivity contribution in [2.75, 3.05) is 10.7 Å². The molecule has 0 atom stereocenters. The summed E-state index contributed by atoms with van der Waals surface area (Å²) in [5, 5.41) is 9.57. The molecule has 1 aliphatic rings. The Balaban J connectivity index is 2.48. The molecule has 1 aliphatic heterocycles. The van der Waals surface area contributed by atoms with E-state index in [9.17, 15) is 9.90 Å². The second-order valence-corrected chi connectivity index (χ2v) is 6.36. The number of amides is 1. The number of anilines is 1. The number of benzene rings is 1. The van der Waals surface area contributed by atoms with Gasteiger partial charge in [-0.3, -0.25) is 9.69 Å². The Hall–Kier alpha value is -0.110. The number of rotatable bonds is 1. The maximum Gasteiger partial charge on any atom is 0.243 e. The minimum Gasteiger partial charge on any atom is -0.506 e. The third-order valence-electron chi connectivity index (χ3n) is 2.01. The Kier molecular flexibility index (Phi) is 3.58. The van der Waals surface area contributed by atoms with Gasteiger partial charge in [0.25, 0.3) is 0 Å². The molecule has 0 bridgehead atoms.